The summed E-state index contributed by atoms with van der Waals surface area (Å²) in [4.78, 5) is 11.4. The highest BCUT2D eigenvalue weighted by Gasteiger charge is 2.18. The molecule has 2 heterocycles. The first-order valence-electron chi connectivity index (χ1n) is 4.97. The molecule has 0 fully saturated rings. The molecule has 0 bridgehead atoms. The van der Waals surface area contributed by atoms with E-state index in [9.17, 15) is 9.90 Å². The van der Waals surface area contributed by atoms with Crippen molar-refractivity contribution >= 4 is 50.4 Å². The first-order valence-corrected chi connectivity index (χ1v) is 6.05. The topological polar surface area (TPSA) is 88.9 Å². The van der Waals surface area contributed by atoms with Crippen molar-refractivity contribution in [3.63, 3.8) is 0 Å². The number of hydrogen-bond donors (Lipinski definition) is 1. The number of aromatic carboxylic acids is 1. The number of benzene rings is 1. The average molecular weight is 352 g/mol. The number of aromatic nitrogens is 4. The second-order valence-electron chi connectivity index (χ2n) is 3.58. The molecule has 18 heavy (non-hydrogen) atoms. The van der Waals surface area contributed by atoms with Crippen molar-refractivity contribution in [1.82, 2.24) is 20.4 Å². The van der Waals surface area contributed by atoms with E-state index in [1.807, 2.05) is 0 Å². The normalized spacial score (nSPS) is 10.9. The molecule has 0 amide bonds. The molecule has 1 aromatic carbocycles. The van der Waals surface area contributed by atoms with Crippen molar-refractivity contribution in [1.29, 1.82) is 0 Å². The van der Waals surface area contributed by atoms with Gasteiger partial charge in [0.25, 0.3) is 0 Å². The molecule has 0 saturated carbocycles. The molecule has 0 aliphatic rings. The molecule has 1 N–H and O–H groups in total. The number of nitrogens with zero attached hydrogens (tertiary/aromatic N) is 4. The maximum absolute atomic E-state index is 11.4. The van der Waals surface area contributed by atoms with E-state index in [0.717, 1.165) is 3.57 Å². The largest absolute Gasteiger partial charge is 0.478 e. The first kappa shape index (κ1) is 11.2. The van der Waals surface area contributed by atoms with Gasteiger partial charge in [0.15, 0.2) is 0 Å². The molecule has 0 aliphatic heterocycles. The van der Waals surface area contributed by atoms with Crippen LogP contribution in [-0.4, -0.2) is 31.5 Å². The van der Waals surface area contributed by atoms with Gasteiger partial charge in [-0.3, -0.25) is 0 Å². The zero-order valence-electron chi connectivity index (χ0n) is 8.83. The number of hydrogen-bond acceptors (Lipinski definition) is 5. The number of halogens is 1. The molecule has 0 spiro atoms. The average Bonchev–Trinajstić information content (AvgIpc) is 2.39. The van der Waals surface area contributed by atoms with Gasteiger partial charge in [-0.2, -0.15) is 10.2 Å². The van der Waals surface area contributed by atoms with Crippen molar-refractivity contribution < 1.29 is 9.90 Å². The predicted octanol–water partition coefficient (Wildman–Crippen LogP) is 1.88. The van der Waals surface area contributed by atoms with Crippen LogP contribution >= 0.6 is 22.6 Å². The molecule has 7 heteroatoms. The van der Waals surface area contributed by atoms with E-state index in [1.165, 1.54) is 12.4 Å². The van der Waals surface area contributed by atoms with E-state index >= 15 is 0 Å². The van der Waals surface area contributed by atoms with Crippen molar-refractivity contribution in [3.05, 3.63) is 33.7 Å². The summed E-state index contributed by atoms with van der Waals surface area (Å²) in [5.41, 5.74) is 1.25. The van der Waals surface area contributed by atoms with Gasteiger partial charge in [0, 0.05) is 10.8 Å². The van der Waals surface area contributed by atoms with Crippen LogP contribution in [0.5, 0.6) is 0 Å². The van der Waals surface area contributed by atoms with Crippen LogP contribution in [0.15, 0.2) is 24.5 Å². The second-order valence-corrected chi connectivity index (χ2v) is 4.66. The SMILES string of the molecule is O=C(O)c1c2ccnnc2c(I)c2nnccc12. The first-order chi connectivity index (χ1) is 8.70. The van der Waals surface area contributed by atoms with Crippen LogP contribution in [0.25, 0.3) is 21.8 Å². The van der Waals surface area contributed by atoms with Crippen molar-refractivity contribution in [2.24, 2.45) is 0 Å². The van der Waals surface area contributed by atoms with E-state index < -0.39 is 5.97 Å². The van der Waals surface area contributed by atoms with E-state index in [0.29, 0.717) is 21.8 Å². The van der Waals surface area contributed by atoms with Gasteiger partial charge in [-0.15, -0.1) is 10.2 Å². The molecule has 6 nitrogen and oxygen atoms in total. The van der Waals surface area contributed by atoms with E-state index in [4.69, 9.17) is 0 Å². The minimum absolute atomic E-state index is 0.185. The molecule has 0 unspecified atom stereocenters. The van der Waals surface area contributed by atoms with Crippen LogP contribution in [-0.2, 0) is 0 Å². The summed E-state index contributed by atoms with van der Waals surface area (Å²) < 4.78 is 0.754. The fourth-order valence-electron chi connectivity index (χ4n) is 1.88. The Morgan fingerprint density at radius 2 is 1.56 bits per heavy atom. The Morgan fingerprint density at radius 1 is 1.06 bits per heavy atom. The summed E-state index contributed by atoms with van der Waals surface area (Å²) in [6.07, 6.45) is 2.95. The maximum atomic E-state index is 11.4. The highest BCUT2D eigenvalue weighted by atomic mass is 127. The molecule has 2 aromatic heterocycles. The van der Waals surface area contributed by atoms with Crippen LogP contribution < -0.4 is 0 Å². The lowest BCUT2D eigenvalue weighted by Gasteiger charge is -2.07. The lowest BCUT2D eigenvalue weighted by Crippen LogP contribution is -2.03. The minimum Gasteiger partial charge on any atom is -0.478 e. The lowest BCUT2D eigenvalue weighted by atomic mass is 10.0. The Hall–Kier alpha value is -1.90. The molecule has 3 rings (SSSR count). The Labute approximate surface area is 114 Å². The Balaban J connectivity index is 2.67. The molecule has 3 aromatic rings. The third-order valence-electron chi connectivity index (χ3n) is 2.61. The third-order valence-corrected chi connectivity index (χ3v) is 3.63. The summed E-state index contributed by atoms with van der Waals surface area (Å²) >= 11 is 2.08. The minimum atomic E-state index is -1.01. The van der Waals surface area contributed by atoms with Gasteiger partial charge in [-0.1, -0.05) is 0 Å². The van der Waals surface area contributed by atoms with Crippen LogP contribution in [0.4, 0.5) is 0 Å². The monoisotopic (exact) mass is 352 g/mol. The molecule has 0 radical (unpaired) electrons. The molecule has 0 aliphatic carbocycles. The number of fused-ring (bicyclic) bond motifs is 2. The molecular weight excluding hydrogens is 347 g/mol. The fourth-order valence-corrected chi connectivity index (χ4v) is 2.68. The summed E-state index contributed by atoms with van der Waals surface area (Å²) in [6, 6.07) is 3.29. The number of carboxylic acids is 1. The van der Waals surface area contributed by atoms with Crippen LogP contribution in [0.2, 0.25) is 0 Å². The van der Waals surface area contributed by atoms with E-state index in [1.54, 1.807) is 12.1 Å². The quantitative estimate of drug-likeness (QED) is 0.531. The lowest BCUT2D eigenvalue weighted by molar-refractivity contribution is 0.0701. The maximum Gasteiger partial charge on any atom is 0.337 e. The zero-order valence-corrected chi connectivity index (χ0v) is 11.0. The Kier molecular flexibility index (Phi) is 2.54. The van der Waals surface area contributed by atoms with Gasteiger partial charge in [-0.05, 0) is 34.7 Å². The number of rotatable bonds is 1. The molecule has 0 saturated heterocycles. The highest BCUT2D eigenvalue weighted by molar-refractivity contribution is 14.1. The second kappa shape index (κ2) is 4.09. The Morgan fingerprint density at radius 3 is 2.00 bits per heavy atom. The summed E-state index contributed by atoms with van der Waals surface area (Å²) in [6.45, 7) is 0. The third kappa shape index (κ3) is 1.50. The predicted molar refractivity (Wildman–Crippen MR) is 72.3 cm³/mol. The standard InChI is InChI=1S/C11H5IN4O2/c12-8-9-5(1-3-13-15-9)7(11(17)18)6-2-4-14-16-10(6)8/h1-4H,(H,17,18). The van der Waals surface area contributed by atoms with Crippen LogP contribution in [0.3, 0.4) is 0 Å². The van der Waals surface area contributed by atoms with Crippen LogP contribution in [0.1, 0.15) is 10.4 Å². The van der Waals surface area contributed by atoms with Gasteiger partial charge >= 0.3 is 5.97 Å². The van der Waals surface area contributed by atoms with Crippen molar-refractivity contribution in [2.45, 2.75) is 0 Å². The Bertz CT molecular complexity index is 733. The summed E-state index contributed by atoms with van der Waals surface area (Å²) in [5, 5.41) is 26.0. The van der Waals surface area contributed by atoms with Gasteiger partial charge < -0.3 is 5.11 Å². The van der Waals surface area contributed by atoms with E-state index in [2.05, 4.69) is 43.0 Å². The molecule has 0 atom stereocenters. The molecule has 88 valence electrons. The van der Waals surface area contributed by atoms with E-state index in [-0.39, 0.29) is 5.56 Å². The number of carboxylic acid groups (broad SMARTS) is 1. The highest BCUT2D eigenvalue weighted by Crippen LogP contribution is 2.30. The van der Waals surface area contributed by atoms with Gasteiger partial charge in [0.1, 0.15) is 11.0 Å². The summed E-state index contributed by atoms with van der Waals surface area (Å²) in [7, 11) is 0. The zero-order chi connectivity index (χ0) is 12.7. The van der Waals surface area contributed by atoms with Crippen LogP contribution in [0, 0.1) is 3.57 Å². The fraction of sp³-hybridized carbons (Fsp3) is 0. The number of carbonyl (C=O) groups is 1. The smallest absolute Gasteiger partial charge is 0.337 e. The van der Waals surface area contributed by atoms with Crippen molar-refractivity contribution in [3.8, 4) is 0 Å². The van der Waals surface area contributed by atoms with Gasteiger partial charge in [0.2, 0.25) is 0 Å². The summed E-state index contributed by atoms with van der Waals surface area (Å²) in [5.74, 6) is -1.01. The van der Waals surface area contributed by atoms with Crippen molar-refractivity contribution in [2.75, 3.05) is 0 Å². The molecular formula is C11H5IN4O2. The van der Waals surface area contributed by atoms with Gasteiger partial charge in [-0.25, -0.2) is 4.79 Å². The van der Waals surface area contributed by atoms with Gasteiger partial charge in [0.05, 0.1) is 21.5 Å².